The number of halogens is 1. The van der Waals surface area contributed by atoms with Crippen LogP contribution in [0.4, 0.5) is 11.4 Å². The Bertz CT molecular complexity index is 1450. The zero-order valence-electron chi connectivity index (χ0n) is 21.4. The summed E-state index contributed by atoms with van der Waals surface area (Å²) in [5.41, 5.74) is 2.95. The molecule has 39 heavy (non-hydrogen) atoms. The molecule has 3 amide bonds. The minimum Gasteiger partial charge on any atom is -0.494 e. The van der Waals surface area contributed by atoms with Crippen molar-refractivity contribution >= 4 is 46.8 Å². The SMILES string of the molecule is CCCCOc1ccc(N2C(=O)[C@@H]3[C@H](C2=O)C2c4ccccc4C=CN2[C@@H]3C(=O)Nc2ccc(Cl)cc2)cc1. The van der Waals surface area contributed by atoms with Gasteiger partial charge in [0.25, 0.3) is 0 Å². The van der Waals surface area contributed by atoms with E-state index in [9.17, 15) is 14.4 Å². The second kappa shape index (κ2) is 10.2. The molecule has 3 heterocycles. The number of ether oxygens (including phenoxy) is 1. The van der Waals surface area contributed by atoms with Gasteiger partial charge in [-0.05, 0) is 72.2 Å². The third-order valence-electron chi connectivity index (χ3n) is 7.70. The first kappa shape index (κ1) is 25.2. The van der Waals surface area contributed by atoms with Crippen LogP contribution in [-0.2, 0) is 14.4 Å². The zero-order valence-corrected chi connectivity index (χ0v) is 22.2. The summed E-state index contributed by atoms with van der Waals surface area (Å²) in [4.78, 5) is 44.9. The highest BCUT2D eigenvalue weighted by atomic mass is 35.5. The van der Waals surface area contributed by atoms with E-state index < -0.39 is 23.9 Å². The summed E-state index contributed by atoms with van der Waals surface area (Å²) >= 11 is 6.01. The van der Waals surface area contributed by atoms with E-state index in [0.717, 1.165) is 24.0 Å². The van der Waals surface area contributed by atoms with Crippen molar-refractivity contribution in [1.82, 2.24) is 4.90 Å². The number of carbonyl (C=O) groups is 3. The number of unbranched alkanes of at least 4 members (excludes halogenated alkanes) is 1. The predicted molar refractivity (Wildman–Crippen MR) is 150 cm³/mol. The van der Waals surface area contributed by atoms with Crippen molar-refractivity contribution in [2.75, 3.05) is 16.8 Å². The molecule has 1 N–H and O–H groups in total. The average Bonchev–Trinajstić information content (AvgIpc) is 3.43. The summed E-state index contributed by atoms with van der Waals surface area (Å²) in [5.74, 6) is -1.88. The second-order valence-electron chi connectivity index (χ2n) is 10.0. The van der Waals surface area contributed by atoms with Crippen LogP contribution < -0.4 is 15.0 Å². The van der Waals surface area contributed by atoms with Crippen molar-refractivity contribution in [1.29, 1.82) is 0 Å². The molecule has 3 aromatic rings. The minimum absolute atomic E-state index is 0.299. The number of fused-ring (bicyclic) bond motifs is 5. The lowest BCUT2D eigenvalue weighted by molar-refractivity contribution is -0.128. The van der Waals surface area contributed by atoms with Gasteiger partial charge in [-0.3, -0.25) is 14.4 Å². The molecule has 3 aliphatic rings. The number of rotatable bonds is 7. The molecule has 8 heteroatoms. The number of anilines is 2. The number of nitrogens with zero attached hydrogens (tertiary/aromatic N) is 2. The number of imide groups is 1. The smallest absolute Gasteiger partial charge is 0.247 e. The quantitative estimate of drug-likeness (QED) is 0.308. The Morgan fingerprint density at radius 3 is 2.41 bits per heavy atom. The molecule has 4 atom stereocenters. The van der Waals surface area contributed by atoms with Crippen molar-refractivity contribution in [3.8, 4) is 5.75 Å². The van der Waals surface area contributed by atoms with Gasteiger partial charge >= 0.3 is 0 Å². The standard InChI is InChI=1S/C31H28ClN3O4/c1-2-3-18-39-23-14-12-22(13-15-23)35-30(37)25-26(31(35)38)28(29(36)33-21-10-8-20(32)9-11-21)34-17-16-19-6-4-5-7-24(19)27(25)34/h4-17,25-28H,2-3,18H2,1H3,(H,33,36)/t25-,26+,27?,28-/m0/s1. The molecule has 7 nitrogen and oxygen atoms in total. The number of amides is 3. The molecule has 198 valence electrons. The Hall–Kier alpha value is -4.10. The summed E-state index contributed by atoms with van der Waals surface area (Å²) in [6, 6.07) is 20.3. The van der Waals surface area contributed by atoms with E-state index in [0.29, 0.717) is 28.8 Å². The summed E-state index contributed by atoms with van der Waals surface area (Å²) in [6.07, 6.45) is 5.74. The third kappa shape index (κ3) is 4.36. The van der Waals surface area contributed by atoms with Crippen LogP contribution in [0.3, 0.4) is 0 Å². The van der Waals surface area contributed by atoms with Gasteiger partial charge in [0.15, 0.2) is 0 Å². The molecule has 6 rings (SSSR count). The fourth-order valence-electron chi connectivity index (χ4n) is 5.89. The van der Waals surface area contributed by atoms with E-state index in [1.54, 1.807) is 48.5 Å². The normalized spacial score (nSPS) is 22.9. The van der Waals surface area contributed by atoms with E-state index in [-0.39, 0.29) is 17.7 Å². The first-order valence-corrected chi connectivity index (χ1v) is 13.6. The molecule has 0 aromatic heterocycles. The lowest BCUT2D eigenvalue weighted by Crippen LogP contribution is -2.46. The van der Waals surface area contributed by atoms with Crippen LogP contribution in [0.5, 0.6) is 5.75 Å². The molecule has 2 saturated heterocycles. The first-order chi connectivity index (χ1) is 19.0. The van der Waals surface area contributed by atoms with Gasteiger partial charge in [-0.25, -0.2) is 4.90 Å². The summed E-state index contributed by atoms with van der Waals surface area (Å²) in [7, 11) is 0. The van der Waals surface area contributed by atoms with Gasteiger partial charge < -0.3 is 15.0 Å². The molecule has 0 aliphatic carbocycles. The van der Waals surface area contributed by atoms with Gasteiger partial charge in [0.1, 0.15) is 11.8 Å². The molecule has 0 saturated carbocycles. The third-order valence-corrected chi connectivity index (χ3v) is 7.96. The van der Waals surface area contributed by atoms with Crippen LogP contribution in [-0.4, -0.2) is 35.3 Å². The summed E-state index contributed by atoms with van der Waals surface area (Å²) in [6.45, 7) is 2.70. The Morgan fingerprint density at radius 1 is 0.949 bits per heavy atom. The van der Waals surface area contributed by atoms with Crippen molar-refractivity contribution in [3.63, 3.8) is 0 Å². The molecule has 0 bridgehead atoms. The number of carbonyl (C=O) groups excluding carboxylic acids is 3. The van der Waals surface area contributed by atoms with Gasteiger partial charge in [-0.15, -0.1) is 0 Å². The summed E-state index contributed by atoms with van der Waals surface area (Å²) in [5, 5.41) is 3.49. The fraction of sp³-hybridized carbons (Fsp3) is 0.258. The molecular formula is C31H28ClN3O4. The predicted octanol–water partition coefficient (Wildman–Crippen LogP) is 5.67. The lowest BCUT2D eigenvalue weighted by Gasteiger charge is -2.35. The van der Waals surface area contributed by atoms with Crippen LogP contribution in [0.25, 0.3) is 6.08 Å². The fourth-order valence-corrected chi connectivity index (χ4v) is 6.01. The topological polar surface area (TPSA) is 79.0 Å². The van der Waals surface area contributed by atoms with Crippen LogP contribution in [0, 0.1) is 11.8 Å². The maximum atomic E-state index is 14.0. The monoisotopic (exact) mass is 541 g/mol. The number of benzene rings is 3. The lowest BCUT2D eigenvalue weighted by atomic mass is 9.84. The number of hydrogen-bond acceptors (Lipinski definition) is 5. The van der Waals surface area contributed by atoms with Crippen LogP contribution in [0.15, 0.2) is 79.0 Å². The number of hydrogen-bond donors (Lipinski definition) is 1. The molecular weight excluding hydrogens is 514 g/mol. The summed E-state index contributed by atoms with van der Waals surface area (Å²) < 4.78 is 5.75. The van der Waals surface area contributed by atoms with E-state index in [1.165, 1.54) is 4.90 Å². The number of nitrogens with one attached hydrogen (secondary N) is 1. The van der Waals surface area contributed by atoms with Gasteiger partial charge in [0.05, 0.1) is 30.2 Å². The molecule has 3 aromatic carbocycles. The van der Waals surface area contributed by atoms with E-state index in [2.05, 4.69) is 12.2 Å². The largest absolute Gasteiger partial charge is 0.494 e. The molecule has 0 spiro atoms. The Balaban J connectivity index is 1.35. The Morgan fingerprint density at radius 2 is 1.67 bits per heavy atom. The van der Waals surface area contributed by atoms with E-state index in [1.807, 2.05) is 41.4 Å². The highest BCUT2D eigenvalue weighted by molar-refractivity contribution is 6.30. The zero-order chi connectivity index (χ0) is 27.1. The van der Waals surface area contributed by atoms with Crippen LogP contribution in [0.2, 0.25) is 5.02 Å². The van der Waals surface area contributed by atoms with Gasteiger partial charge in [-0.1, -0.05) is 49.2 Å². The Labute approximate surface area is 232 Å². The van der Waals surface area contributed by atoms with Crippen LogP contribution >= 0.6 is 11.6 Å². The van der Waals surface area contributed by atoms with Crippen molar-refractivity contribution < 1.29 is 19.1 Å². The van der Waals surface area contributed by atoms with Gasteiger partial charge in [0.2, 0.25) is 17.7 Å². The molecule has 0 radical (unpaired) electrons. The minimum atomic E-state index is -0.863. The van der Waals surface area contributed by atoms with Gasteiger partial charge in [-0.2, -0.15) is 0 Å². The second-order valence-corrected chi connectivity index (χ2v) is 10.5. The van der Waals surface area contributed by atoms with Crippen molar-refractivity contribution in [2.24, 2.45) is 11.8 Å². The molecule has 2 fully saturated rings. The average molecular weight is 542 g/mol. The van der Waals surface area contributed by atoms with Gasteiger partial charge in [0, 0.05) is 16.9 Å². The highest BCUT2D eigenvalue weighted by Gasteiger charge is 2.64. The Kier molecular flexibility index (Phi) is 6.61. The molecule has 1 unspecified atom stereocenters. The maximum Gasteiger partial charge on any atom is 0.247 e. The highest BCUT2D eigenvalue weighted by Crippen LogP contribution is 2.53. The van der Waals surface area contributed by atoms with Crippen molar-refractivity contribution in [3.05, 3.63) is 95.1 Å². The van der Waals surface area contributed by atoms with E-state index in [4.69, 9.17) is 16.3 Å². The van der Waals surface area contributed by atoms with E-state index >= 15 is 0 Å². The maximum absolute atomic E-state index is 14.0. The van der Waals surface area contributed by atoms with Crippen LogP contribution in [0.1, 0.15) is 36.9 Å². The first-order valence-electron chi connectivity index (χ1n) is 13.2. The molecule has 3 aliphatic heterocycles. The van der Waals surface area contributed by atoms with Crippen molar-refractivity contribution in [2.45, 2.75) is 31.8 Å².